The minimum atomic E-state index is 0.0239. The van der Waals surface area contributed by atoms with Gasteiger partial charge in [0, 0.05) is 0 Å². The van der Waals surface area contributed by atoms with Gasteiger partial charge in [0.05, 0.1) is 5.76 Å². The van der Waals surface area contributed by atoms with Gasteiger partial charge in [-0.3, -0.25) is 0 Å². The van der Waals surface area contributed by atoms with Crippen LogP contribution in [0, 0.1) is 5.41 Å². The zero-order valence-corrected chi connectivity index (χ0v) is 9.02. The van der Waals surface area contributed by atoms with E-state index in [1.165, 1.54) is 5.57 Å². The van der Waals surface area contributed by atoms with Crippen molar-refractivity contribution in [2.75, 3.05) is 0 Å². The first-order valence-corrected chi connectivity index (χ1v) is 4.30. The van der Waals surface area contributed by atoms with Gasteiger partial charge in [-0.1, -0.05) is 32.4 Å². The van der Waals surface area contributed by atoms with Crippen molar-refractivity contribution in [2.24, 2.45) is 5.41 Å². The van der Waals surface area contributed by atoms with E-state index in [9.17, 15) is 5.11 Å². The van der Waals surface area contributed by atoms with Gasteiger partial charge in [0.2, 0.25) is 0 Å². The highest BCUT2D eigenvalue weighted by molar-refractivity contribution is 5.28. The third-order valence-corrected chi connectivity index (χ3v) is 1.63. The first-order chi connectivity index (χ1) is 5.25. The fraction of sp³-hybridized carbons (Fsp3) is 0.636. The van der Waals surface area contributed by atoms with E-state index in [2.05, 4.69) is 20.8 Å². The van der Waals surface area contributed by atoms with E-state index in [0.29, 0.717) is 5.76 Å². The van der Waals surface area contributed by atoms with Gasteiger partial charge in [-0.05, 0) is 31.8 Å². The van der Waals surface area contributed by atoms with Gasteiger partial charge in [-0.15, -0.1) is 0 Å². The molecule has 0 fully saturated rings. The smallest absolute Gasteiger partial charge is 0.0928 e. The SMILES string of the molecule is CC(C)=C/C(=C(\C)O)C(C)(C)C. The van der Waals surface area contributed by atoms with Crippen molar-refractivity contribution >= 4 is 0 Å². The molecule has 0 rings (SSSR count). The molecule has 0 aliphatic rings. The van der Waals surface area contributed by atoms with Crippen LogP contribution in [0.4, 0.5) is 0 Å². The Balaban J connectivity index is 4.99. The zero-order valence-electron chi connectivity index (χ0n) is 9.02. The summed E-state index contributed by atoms with van der Waals surface area (Å²) in [6, 6.07) is 0. The molecule has 1 nitrogen and oxygen atoms in total. The molecule has 0 aliphatic heterocycles. The maximum Gasteiger partial charge on any atom is 0.0928 e. The Morgan fingerprint density at radius 1 is 1.08 bits per heavy atom. The Hall–Kier alpha value is -0.720. The summed E-state index contributed by atoms with van der Waals surface area (Å²) in [5, 5.41) is 9.43. The van der Waals surface area contributed by atoms with Crippen molar-refractivity contribution in [1.29, 1.82) is 0 Å². The number of rotatable bonds is 1. The molecule has 0 amide bonds. The maximum absolute atomic E-state index is 9.43. The number of hydrogen-bond donors (Lipinski definition) is 1. The molecule has 0 aromatic carbocycles. The molecular formula is C11H20O. The van der Waals surface area contributed by atoms with Gasteiger partial charge in [-0.2, -0.15) is 0 Å². The molecule has 0 radical (unpaired) electrons. The lowest BCUT2D eigenvalue weighted by Gasteiger charge is -2.21. The van der Waals surface area contributed by atoms with Crippen LogP contribution in [0.3, 0.4) is 0 Å². The predicted molar refractivity (Wildman–Crippen MR) is 54.2 cm³/mol. The fourth-order valence-electron chi connectivity index (χ4n) is 1.15. The topological polar surface area (TPSA) is 20.2 Å². The molecule has 0 bridgehead atoms. The van der Waals surface area contributed by atoms with Gasteiger partial charge in [0.25, 0.3) is 0 Å². The lowest BCUT2D eigenvalue weighted by molar-refractivity contribution is 0.381. The second-order valence-corrected chi connectivity index (χ2v) is 4.47. The fourth-order valence-corrected chi connectivity index (χ4v) is 1.15. The standard InChI is InChI=1S/C11H20O/c1-8(2)7-10(9(3)12)11(4,5)6/h7,12H,1-6H3/b10-9-. The van der Waals surface area contributed by atoms with E-state index in [1.54, 1.807) is 6.92 Å². The highest BCUT2D eigenvalue weighted by Gasteiger charge is 2.17. The van der Waals surface area contributed by atoms with Crippen molar-refractivity contribution in [3.05, 3.63) is 23.0 Å². The van der Waals surface area contributed by atoms with Crippen molar-refractivity contribution in [3.8, 4) is 0 Å². The second-order valence-electron chi connectivity index (χ2n) is 4.47. The molecule has 0 saturated carbocycles. The highest BCUT2D eigenvalue weighted by Crippen LogP contribution is 2.29. The Morgan fingerprint density at radius 3 is 1.58 bits per heavy atom. The molecule has 0 saturated heterocycles. The largest absolute Gasteiger partial charge is 0.512 e. The van der Waals surface area contributed by atoms with Crippen molar-refractivity contribution < 1.29 is 5.11 Å². The van der Waals surface area contributed by atoms with Gasteiger partial charge in [0.1, 0.15) is 0 Å². The molecule has 0 unspecified atom stereocenters. The maximum atomic E-state index is 9.43. The lowest BCUT2D eigenvalue weighted by Crippen LogP contribution is -2.09. The van der Waals surface area contributed by atoms with Crippen LogP contribution in [-0.4, -0.2) is 5.11 Å². The number of aliphatic hydroxyl groups excluding tert-OH is 1. The average molecular weight is 168 g/mol. The third-order valence-electron chi connectivity index (χ3n) is 1.63. The van der Waals surface area contributed by atoms with Gasteiger partial charge in [0.15, 0.2) is 0 Å². The van der Waals surface area contributed by atoms with Crippen LogP contribution >= 0.6 is 0 Å². The summed E-state index contributed by atoms with van der Waals surface area (Å²) in [4.78, 5) is 0. The molecule has 1 heteroatoms. The van der Waals surface area contributed by atoms with Gasteiger partial charge < -0.3 is 5.11 Å². The Bertz CT molecular complexity index is 206. The number of allylic oxidation sites excluding steroid dienone is 4. The molecule has 0 atom stereocenters. The molecule has 0 spiro atoms. The van der Waals surface area contributed by atoms with Crippen LogP contribution in [0.1, 0.15) is 41.5 Å². The minimum Gasteiger partial charge on any atom is -0.512 e. The van der Waals surface area contributed by atoms with Crippen molar-refractivity contribution in [1.82, 2.24) is 0 Å². The van der Waals surface area contributed by atoms with Crippen LogP contribution in [0.5, 0.6) is 0 Å². The normalized spacial score (nSPS) is 13.8. The van der Waals surface area contributed by atoms with E-state index in [0.717, 1.165) is 5.57 Å². The molecule has 0 aromatic heterocycles. The Kier molecular flexibility index (Phi) is 3.56. The van der Waals surface area contributed by atoms with E-state index < -0.39 is 0 Å². The molecule has 0 aliphatic carbocycles. The summed E-state index contributed by atoms with van der Waals surface area (Å²) in [5.74, 6) is 0.420. The Morgan fingerprint density at radius 2 is 1.50 bits per heavy atom. The molecule has 1 N–H and O–H groups in total. The van der Waals surface area contributed by atoms with Crippen LogP contribution in [0.15, 0.2) is 23.0 Å². The molecule has 70 valence electrons. The lowest BCUT2D eigenvalue weighted by atomic mass is 9.85. The Labute approximate surface area is 75.8 Å². The first kappa shape index (κ1) is 11.3. The molecular weight excluding hydrogens is 148 g/mol. The second kappa shape index (κ2) is 3.79. The summed E-state index contributed by atoms with van der Waals surface area (Å²) in [6.45, 7) is 12.1. The quantitative estimate of drug-likeness (QED) is 0.466. The van der Waals surface area contributed by atoms with Gasteiger partial charge >= 0.3 is 0 Å². The van der Waals surface area contributed by atoms with Crippen molar-refractivity contribution in [3.63, 3.8) is 0 Å². The van der Waals surface area contributed by atoms with Crippen LogP contribution < -0.4 is 0 Å². The van der Waals surface area contributed by atoms with Crippen LogP contribution in [0.2, 0.25) is 0 Å². The molecule has 0 heterocycles. The van der Waals surface area contributed by atoms with E-state index in [1.807, 2.05) is 19.9 Å². The van der Waals surface area contributed by atoms with Crippen LogP contribution in [-0.2, 0) is 0 Å². The first-order valence-electron chi connectivity index (χ1n) is 4.30. The average Bonchev–Trinajstić information content (AvgIpc) is 1.79. The van der Waals surface area contributed by atoms with Gasteiger partial charge in [-0.25, -0.2) is 0 Å². The summed E-state index contributed by atoms with van der Waals surface area (Å²) >= 11 is 0. The number of hydrogen-bond acceptors (Lipinski definition) is 1. The van der Waals surface area contributed by atoms with E-state index in [-0.39, 0.29) is 5.41 Å². The summed E-state index contributed by atoms with van der Waals surface area (Å²) < 4.78 is 0. The summed E-state index contributed by atoms with van der Waals surface area (Å²) in [6.07, 6.45) is 2.04. The number of aliphatic hydroxyl groups is 1. The van der Waals surface area contributed by atoms with E-state index in [4.69, 9.17) is 0 Å². The minimum absolute atomic E-state index is 0.0239. The van der Waals surface area contributed by atoms with E-state index >= 15 is 0 Å². The monoisotopic (exact) mass is 168 g/mol. The predicted octanol–water partition coefficient (Wildman–Crippen LogP) is 3.83. The zero-order chi connectivity index (χ0) is 9.94. The van der Waals surface area contributed by atoms with Crippen molar-refractivity contribution in [2.45, 2.75) is 41.5 Å². The summed E-state index contributed by atoms with van der Waals surface area (Å²) in [7, 11) is 0. The highest BCUT2D eigenvalue weighted by atomic mass is 16.3. The third kappa shape index (κ3) is 3.61. The van der Waals surface area contributed by atoms with Crippen LogP contribution in [0.25, 0.3) is 0 Å². The molecule has 0 aromatic rings. The molecule has 12 heavy (non-hydrogen) atoms. The summed E-state index contributed by atoms with van der Waals surface area (Å²) in [5.41, 5.74) is 2.26.